The van der Waals surface area contributed by atoms with Gasteiger partial charge in [0.2, 0.25) is 0 Å². The molecular formula is C9H11N3O2. The fourth-order valence-corrected chi connectivity index (χ4v) is 1.59. The molecule has 5 nitrogen and oxygen atoms in total. The number of para-hydroxylation sites is 1. The average molecular weight is 193 g/mol. The van der Waals surface area contributed by atoms with Crippen LogP contribution in [0.2, 0.25) is 0 Å². The zero-order chi connectivity index (χ0) is 10.1. The smallest absolute Gasteiger partial charge is 0.292 e. The van der Waals surface area contributed by atoms with Crippen molar-refractivity contribution in [3.05, 3.63) is 33.9 Å². The number of benzene rings is 1. The number of nitrogens with zero attached hydrogens (tertiary/aromatic N) is 1. The molecule has 0 aliphatic carbocycles. The second-order valence-electron chi connectivity index (χ2n) is 3.33. The normalized spacial score (nSPS) is 20.1. The third kappa shape index (κ3) is 1.31. The molecule has 1 atom stereocenters. The van der Waals surface area contributed by atoms with Crippen LogP contribution in [0.5, 0.6) is 0 Å². The Hall–Kier alpha value is -1.62. The number of nitrogens with two attached hydrogens (primary N) is 1. The summed E-state index contributed by atoms with van der Waals surface area (Å²) >= 11 is 0. The van der Waals surface area contributed by atoms with Crippen LogP contribution >= 0.6 is 0 Å². The minimum Gasteiger partial charge on any atom is -0.393 e. The van der Waals surface area contributed by atoms with Crippen LogP contribution in [0.3, 0.4) is 0 Å². The van der Waals surface area contributed by atoms with Gasteiger partial charge in [0.15, 0.2) is 0 Å². The monoisotopic (exact) mass is 193 g/mol. The van der Waals surface area contributed by atoms with Gasteiger partial charge in [-0.2, -0.15) is 0 Å². The van der Waals surface area contributed by atoms with E-state index in [0.29, 0.717) is 0 Å². The fraction of sp³-hybridized carbons (Fsp3) is 0.333. The fourth-order valence-electron chi connectivity index (χ4n) is 1.59. The maximum Gasteiger partial charge on any atom is 0.292 e. The molecule has 14 heavy (non-hydrogen) atoms. The van der Waals surface area contributed by atoms with E-state index in [2.05, 4.69) is 5.32 Å². The molecular weight excluding hydrogens is 182 g/mol. The Bertz CT molecular complexity index is 374. The highest BCUT2D eigenvalue weighted by atomic mass is 16.6. The summed E-state index contributed by atoms with van der Waals surface area (Å²) in [5.41, 5.74) is 6.83. The van der Waals surface area contributed by atoms with Gasteiger partial charge in [-0.05, 0) is 18.5 Å². The van der Waals surface area contributed by atoms with E-state index >= 15 is 0 Å². The zero-order valence-electron chi connectivity index (χ0n) is 7.56. The molecule has 1 aliphatic heterocycles. The van der Waals surface area contributed by atoms with E-state index in [9.17, 15) is 10.1 Å². The van der Waals surface area contributed by atoms with Crippen LogP contribution in [-0.4, -0.2) is 11.5 Å². The number of hydrogen-bond donors (Lipinski definition) is 2. The van der Waals surface area contributed by atoms with Gasteiger partial charge in [-0.15, -0.1) is 0 Å². The Morgan fingerprint density at radius 1 is 1.57 bits per heavy atom. The molecule has 1 heterocycles. The molecule has 1 aromatic rings. The Morgan fingerprint density at radius 3 is 2.79 bits per heavy atom. The van der Waals surface area contributed by atoms with Gasteiger partial charge in [-0.3, -0.25) is 10.1 Å². The highest BCUT2D eigenvalue weighted by Crippen LogP contribution is 2.33. The standard InChI is InChI=1S/C9H11N3O2/c10-9-6(7-4-5-11-7)2-1-3-8(9)12(13)14/h1-3,7,11H,4-5,10H2. The van der Waals surface area contributed by atoms with E-state index in [1.165, 1.54) is 6.07 Å². The van der Waals surface area contributed by atoms with Crippen molar-refractivity contribution in [2.75, 3.05) is 12.3 Å². The molecule has 0 saturated carbocycles. The molecule has 1 unspecified atom stereocenters. The predicted octanol–water partition coefficient (Wildman–Crippen LogP) is 1.21. The van der Waals surface area contributed by atoms with Gasteiger partial charge in [0.25, 0.3) is 5.69 Å². The first-order chi connectivity index (χ1) is 6.70. The topological polar surface area (TPSA) is 81.2 Å². The van der Waals surface area contributed by atoms with Gasteiger partial charge in [0, 0.05) is 12.1 Å². The first-order valence-corrected chi connectivity index (χ1v) is 4.46. The lowest BCUT2D eigenvalue weighted by molar-refractivity contribution is -0.384. The molecule has 0 bridgehead atoms. The van der Waals surface area contributed by atoms with E-state index in [-0.39, 0.29) is 17.4 Å². The van der Waals surface area contributed by atoms with Crippen molar-refractivity contribution in [3.63, 3.8) is 0 Å². The van der Waals surface area contributed by atoms with Crippen molar-refractivity contribution >= 4 is 11.4 Å². The molecule has 1 aliphatic rings. The maximum absolute atomic E-state index is 10.6. The summed E-state index contributed by atoms with van der Waals surface area (Å²) in [4.78, 5) is 10.2. The van der Waals surface area contributed by atoms with Gasteiger partial charge in [0.1, 0.15) is 5.69 Å². The van der Waals surface area contributed by atoms with Crippen LogP contribution in [-0.2, 0) is 0 Å². The van der Waals surface area contributed by atoms with Crippen LogP contribution in [0.15, 0.2) is 18.2 Å². The highest BCUT2D eigenvalue weighted by molar-refractivity contribution is 5.64. The largest absolute Gasteiger partial charge is 0.393 e. The average Bonchev–Trinajstić information content (AvgIpc) is 2.04. The number of nitrogens with one attached hydrogen (secondary N) is 1. The van der Waals surface area contributed by atoms with Gasteiger partial charge in [-0.1, -0.05) is 12.1 Å². The Kier molecular flexibility index (Phi) is 2.09. The van der Waals surface area contributed by atoms with Crippen LogP contribution in [0.4, 0.5) is 11.4 Å². The lowest BCUT2D eigenvalue weighted by atomic mass is 9.96. The Morgan fingerprint density at radius 2 is 2.29 bits per heavy atom. The Balaban J connectivity index is 2.40. The number of hydrogen-bond acceptors (Lipinski definition) is 4. The Labute approximate surface area is 81.1 Å². The first-order valence-electron chi connectivity index (χ1n) is 4.46. The van der Waals surface area contributed by atoms with Crippen LogP contribution < -0.4 is 11.1 Å². The summed E-state index contributed by atoms with van der Waals surface area (Å²) < 4.78 is 0. The number of rotatable bonds is 2. The van der Waals surface area contributed by atoms with Crippen molar-refractivity contribution in [1.29, 1.82) is 0 Å². The number of nitro benzene ring substituents is 1. The number of nitro groups is 1. The van der Waals surface area contributed by atoms with Crippen molar-refractivity contribution in [3.8, 4) is 0 Å². The molecule has 1 saturated heterocycles. The molecule has 0 radical (unpaired) electrons. The predicted molar refractivity (Wildman–Crippen MR) is 52.9 cm³/mol. The highest BCUT2D eigenvalue weighted by Gasteiger charge is 2.24. The minimum atomic E-state index is -0.447. The van der Waals surface area contributed by atoms with Gasteiger partial charge in [0.05, 0.1) is 4.92 Å². The van der Waals surface area contributed by atoms with Crippen molar-refractivity contribution in [1.82, 2.24) is 5.32 Å². The third-order valence-electron chi connectivity index (χ3n) is 2.51. The molecule has 3 N–H and O–H groups in total. The van der Waals surface area contributed by atoms with E-state index < -0.39 is 4.92 Å². The number of anilines is 1. The quantitative estimate of drug-likeness (QED) is 0.420. The van der Waals surface area contributed by atoms with Gasteiger partial charge >= 0.3 is 0 Å². The SMILES string of the molecule is Nc1c(C2CCN2)cccc1[N+](=O)[O-]. The van der Waals surface area contributed by atoms with E-state index in [0.717, 1.165) is 18.5 Å². The third-order valence-corrected chi connectivity index (χ3v) is 2.51. The molecule has 1 aromatic carbocycles. The van der Waals surface area contributed by atoms with Crippen LogP contribution in [0, 0.1) is 10.1 Å². The summed E-state index contributed by atoms with van der Waals surface area (Å²) in [7, 11) is 0. The molecule has 5 heteroatoms. The van der Waals surface area contributed by atoms with Crippen LogP contribution in [0.1, 0.15) is 18.0 Å². The molecule has 0 aromatic heterocycles. The van der Waals surface area contributed by atoms with Crippen molar-refractivity contribution < 1.29 is 4.92 Å². The summed E-state index contributed by atoms with van der Waals surface area (Å²) in [5.74, 6) is 0. The van der Waals surface area contributed by atoms with E-state index in [4.69, 9.17) is 5.73 Å². The van der Waals surface area contributed by atoms with Crippen molar-refractivity contribution in [2.45, 2.75) is 12.5 Å². The summed E-state index contributed by atoms with van der Waals surface area (Å²) in [5, 5.41) is 13.8. The van der Waals surface area contributed by atoms with Gasteiger partial charge in [-0.25, -0.2) is 0 Å². The summed E-state index contributed by atoms with van der Waals surface area (Å²) in [6, 6.07) is 5.12. The molecule has 2 rings (SSSR count). The molecule has 74 valence electrons. The van der Waals surface area contributed by atoms with Crippen LogP contribution in [0.25, 0.3) is 0 Å². The van der Waals surface area contributed by atoms with Gasteiger partial charge < -0.3 is 11.1 Å². The van der Waals surface area contributed by atoms with E-state index in [1.54, 1.807) is 6.07 Å². The molecule has 0 amide bonds. The zero-order valence-corrected chi connectivity index (χ0v) is 7.56. The molecule has 0 spiro atoms. The summed E-state index contributed by atoms with van der Waals surface area (Å²) in [6.07, 6.45) is 0.991. The van der Waals surface area contributed by atoms with Crippen molar-refractivity contribution in [2.24, 2.45) is 0 Å². The summed E-state index contributed by atoms with van der Waals surface area (Å²) in [6.45, 7) is 0.951. The van der Waals surface area contributed by atoms with E-state index in [1.807, 2.05) is 6.07 Å². The maximum atomic E-state index is 10.6. The number of nitrogen functional groups attached to an aromatic ring is 1. The minimum absolute atomic E-state index is 0.00352. The second kappa shape index (κ2) is 3.26. The molecule has 1 fully saturated rings. The lowest BCUT2D eigenvalue weighted by Gasteiger charge is -2.28. The first kappa shape index (κ1) is 8.96. The lowest BCUT2D eigenvalue weighted by Crippen LogP contribution is -2.35. The second-order valence-corrected chi connectivity index (χ2v) is 3.33.